The number of benzene rings is 2. The number of rotatable bonds is 5. The van der Waals surface area contributed by atoms with Gasteiger partial charge in [0.2, 0.25) is 0 Å². The molecule has 4 rings (SSSR count). The van der Waals surface area contributed by atoms with E-state index in [1.807, 2.05) is 18.3 Å². The van der Waals surface area contributed by atoms with Crippen LogP contribution in [0.15, 0.2) is 65.8 Å². The Hall–Kier alpha value is -2.43. The second-order valence-corrected chi connectivity index (χ2v) is 6.76. The highest BCUT2D eigenvalue weighted by atomic mass is 16.5. The monoisotopic (exact) mass is 348 g/mol. The summed E-state index contributed by atoms with van der Waals surface area (Å²) in [5.74, 6) is 0.876. The van der Waals surface area contributed by atoms with Crippen LogP contribution in [0, 0.1) is 0 Å². The van der Waals surface area contributed by atoms with Gasteiger partial charge in [0.1, 0.15) is 11.9 Å². The molecule has 2 aromatic carbocycles. The van der Waals surface area contributed by atoms with Gasteiger partial charge < -0.3 is 9.47 Å². The third-order valence-corrected chi connectivity index (χ3v) is 4.99. The smallest absolute Gasteiger partial charge is 0.118 e. The van der Waals surface area contributed by atoms with Crippen LogP contribution in [0.1, 0.15) is 17.5 Å². The van der Waals surface area contributed by atoms with E-state index in [-0.39, 0.29) is 6.10 Å². The maximum atomic E-state index is 6.02. The summed E-state index contributed by atoms with van der Waals surface area (Å²) in [5, 5.41) is 0. The fourth-order valence-corrected chi connectivity index (χ4v) is 3.52. The molecule has 0 aliphatic carbocycles. The standard InChI is InChI=1S/C22H24N2O2/c1-25-20-9-7-18(8-10-20)19-13-21(23-14-19)22-16-24(11-12-26-22)15-17-5-3-2-4-6-17/h2-10,14,22H,11-13,15-16H2,1H3. The van der Waals surface area contributed by atoms with Crippen LogP contribution in [0.5, 0.6) is 5.75 Å². The van der Waals surface area contributed by atoms with Gasteiger partial charge in [0.15, 0.2) is 0 Å². The van der Waals surface area contributed by atoms with Crippen molar-refractivity contribution in [2.75, 3.05) is 26.8 Å². The van der Waals surface area contributed by atoms with Crippen molar-refractivity contribution < 1.29 is 9.47 Å². The SMILES string of the molecule is COc1ccc(C2=CN=C(C3CN(Cc4ccccc4)CCO3)C2)cc1. The summed E-state index contributed by atoms with van der Waals surface area (Å²) in [6.07, 6.45) is 2.92. The molecular formula is C22H24N2O2. The summed E-state index contributed by atoms with van der Waals surface area (Å²) in [6, 6.07) is 18.8. The van der Waals surface area contributed by atoms with Crippen molar-refractivity contribution in [3.05, 3.63) is 71.9 Å². The molecule has 134 valence electrons. The van der Waals surface area contributed by atoms with Crippen LogP contribution in [-0.2, 0) is 11.3 Å². The van der Waals surface area contributed by atoms with Gasteiger partial charge >= 0.3 is 0 Å². The van der Waals surface area contributed by atoms with E-state index in [0.717, 1.165) is 44.1 Å². The summed E-state index contributed by atoms with van der Waals surface area (Å²) >= 11 is 0. The van der Waals surface area contributed by atoms with Crippen molar-refractivity contribution in [1.29, 1.82) is 0 Å². The second-order valence-electron chi connectivity index (χ2n) is 6.76. The van der Waals surface area contributed by atoms with E-state index in [2.05, 4.69) is 52.4 Å². The fraction of sp³-hybridized carbons (Fsp3) is 0.318. The lowest BCUT2D eigenvalue weighted by molar-refractivity contribution is 0.00282. The van der Waals surface area contributed by atoms with Crippen molar-refractivity contribution in [2.45, 2.75) is 19.1 Å². The van der Waals surface area contributed by atoms with E-state index in [0.29, 0.717) is 0 Å². The highest BCUT2D eigenvalue weighted by molar-refractivity contribution is 6.01. The number of methoxy groups -OCH3 is 1. The zero-order valence-corrected chi connectivity index (χ0v) is 15.1. The van der Waals surface area contributed by atoms with Crippen LogP contribution in [0.4, 0.5) is 0 Å². The molecule has 0 amide bonds. The molecule has 2 aliphatic rings. The predicted molar refractivity (Wildman–Crippen MR) is 104 cm³/mol. The molecule has 0 N–H and O–H groups in total. The van der Waals surface area contributed by atoms with Crippen LogP contribution in [0.2, 0.25) is 0 Å². The van der Waals surface area contributed by atoms with Crippen LogP contribution >= 0.6 is 0 Å². The van der Waals surface area contributed by atoms with Crippen LogP contribution in [0.25, 0.3) is 5.57 Å². The molecule has 4 heteroatoms. The van der Waals surface area contributed by atoms with Crippen LogP contribution in [0.3, 0.4) is 0 Å². The highest BCUT2D eigenvalue weighted by Gasteiger charge is 2.27. The third-order valence-electron chi connectivity index (χ3n) is 4.99. The molecule has 1 atom stereocenters. The number of morpholine rings is 1. The van der Waals surface area contributed by atoms with Gasteiger partial charge in [0.25, 0.3) is 0 Å². The van der Waals surface area contributed by atoms with E-state index in [4.69, 9.17) is 9.47 Å². The average Bonchev–Trinajstić information content (AvgIpc) is 3.19. The summed E-state index contributed by atoms with van der Waals surface area (Å²) < 4.78 is 11.3. The van der Waals surface area contributed by atoms with E-state index in [1.54, 1.807) is 7.11 Å². The van der Waals surface area contributed by atoms with Crippen LogP contribution < -0.4 is 4.74 Å². The number of hydrogen-bond donors (Lipinski definition) is 0. The van der Waals surface area contributed by atoms with Gasteiger partial charge in [-0.05, 0) is 28.8 Å². The van der Waals surface area contributed by atoms with Gasteiger partial charge in [0, 0.05) is 32.3 Å². The largest absolute Gasteiger partial charge is 0.497 e. The van der Waals surface area contributed by atoms with Gasteiger partial charge in [-0.2, -0.15) is 0 Å². The molecule has 0 spiro atoms. The maximum absolute atomic E-state index is 6.02. The minimum atomic E-state index is 0.0828. The summed E-state index contributed by atoms with van der Waals surface area (Å²) in [4.78, 5) is 7.13. The Bertz CT molecular complexity index is 797. The zero-order valence-electron chi connectivity index (χ0n) is 15.1. The molecule has 2 aromatic rings. The first kappa shape index (κ1) is 17.0. The third kappa shape index (κ3) is 3.87. The maximum Gasteiger partial charge on any atom is 0.118 e. The quantitative estimate of drug-likeness (QED) is 0.825. The summed E-state index contributed by atoms with van der Waals surface area (Å²) in [6.45, 7) is 3.59. The Morgan fingerprint density at radius 3 is 2.69 bits per heavy atom. The highest BCUT2D eigenvalue weighted by Crippen LogP contribution is 2.28. The van der Waals surface area contributed by atoms with E-state index >= 15 is 0 Å². The minimum absolute atomic E-state index is 0.0828. The van der Waals surface area contributed by atoms with Gasteiger partial charge in [-0.25, -0.2) is 0 Å². The molecule has 0 bridgehead atoms. The topological polar surface area (TPSA) is 34.1 Å². The molecule has 2 aliphatic heterocycles. The first-order valence-corrected chi connectivity index (χ1v) is 9.10. The minimum Gasteiger partial charge on any atom is -0.497 e. The number of aliphatic imine (C=N–C) groups is 1. The van der Waals surface area contributed by atoms with Crippen LogP contribution in [-0.4, -0.2) is 43.5 Å². The number of hydrogen-bond acceptors (Lipinski definition) is 4. The molecule has 1 fully saturated rings. The molecular weight excluding hydrogens is 324 g/mol. The normalized spacial score (nSPS) is 20.6. The Morgan fingerprint density at radius 2 is 1.92 bits per heavy atom. The Labute approximate surface area is 154 Å². The lowest BCUT2D eigenvalue weighted by atomic mass is 10.00. The molecule has 0 saturated carbocycles. The molecule has 1 unspecified atom stereocenters. The Kier molecular flexibility index (Phi) is 5.14. The van der Waals surface area contributed by atoms with Gasteiger partial charge in [-0.1, -0.05) is 42.5 Å². The van der Waals surface area contributed by atoms with Crippen molar-refractivity contribution in [3.8, 4) is 5.75 Å². The van der Waals surface area contributed by atoms with Gasteiger partial charge in [-0.15, -0.1) is 0 Å². The van der Waals surface area contributed by atoms with Crippen molar-refractivity contribution >= 4 is 11.3 Å². The molecule has 4 nitrogen and oxygen atoms in total. The molecule has 2 heterocycles. The lowest BCUT2D eigenvalue weighted by Crippen LogP contribution is -2.45. The van der Waals surface area contributed by atoms with Gasteiger partial charge in [0.05, 0.1) is 19.4 Å². The number of nitrogens with zero attached hydrogens (tertiary/aromatic N) is 2. The van der Waals surface area contributed by atoms with Gasteiger partial charge in [-0.3, -0.25) is 9.89 Å². The molecule has 1 saturated heterocycles. The van der Waals surface area contributed by atoms with Crippen molar-refractivity contribution in [2.24, 2.45) is 4.99 Å². The predicted octanol–water partition coefficient (Wildman–Crippen LogP) is 3.78. The first-order valence-electron chi connectivity index (χ1n) is 9.10. The summed E-state index contributed by atoms with van der Waals surface area (Å²) in [5.41, 5.74) is 4.92. The molecule has 0 radical (unpaired) electrons. The Morgan fingerprint density at radius 1 is 1.12 bits per heavy atom. The number of ether oxygens (including phenoxy) is 2. The second kappa shape index (κ2) is 7.85. The fourth-order valence-electron chi connectivity index (χ4n) is 3.52. The van der Waals surface area contributed by atoms with Crippen molar-refractivity contribution in [1.82, 2.24) is 4.90 Å². The average molecular weight is 348 g/mol. The van der Waals surface area contributed by atoms with E-state index in [9.17, 15) is 0 Å². The molecule has 0 aromatic heterocycles. The first-order chi connectivity index (χ1) is 12.8. The van der Waals surface area contributed by atoms with Crippen molar-refractivity contribution in [3.63, 3.8) is 0 Å². The molecule has 26 heavy (non-hydrogen) atoms. The number of allylic oxidation sites excluding steroid dienone is 1. The van der Waals surface area contributed by atoms with E-state index < -0.39 is 0 Å². The summed E-state index contributed by atoms with van der Waals surface area (Å²) in [7, 11) is 1.69. The zero-order chi connectivity index (χ0) is 17.8. The Balaban J connectivity index is 1.36. The lowest BCUT2D eigenvalue weighted by Gasteiger charge is -2.33. The van der Waals surface area contributed by atoms with E-state index in [1.165, 1.54) is 16.7 Å².